The molecule has 0 unspecified atom stereocenters. The van der Waals surface area contributed by atoms with Crippen molar-refractivity contribution in [1.82, 2.24) is 4.90 Å². The molecule has 0 aromatic heterocycles. The highest BCUT2D eigenvalue weighted by atomic mass is 79.9. The molecule has 1 aromatic rings. The molecule has 2 rings (SSSR count). The first-order chi connectivity index (χ1) is 10.2. The lowest BCUT2D eigenvalue weighted by Crippen LogP contribution is -2.35. The lowest BCUT2D eigenvalue weighted by Gasteiger charge is -2.24. The van der Waals surface area contributed by atoms with Crippen LogP contribution in [0.15, 0.2) is 28.7 Å². The number of aliphatic carboxylic acids is 1. The summed E-state index contributed by atoms with van der Waals surface area (Å²) in [6.07, 6.45) is -0.465. The minimum atomic E-state index is -0.896. The monoisotopic (exact) mass is 369 g/mol. The Morgan fingerprint density at radius 3 is 2.45 bits per heavy atom. The van der Waals surface area contributed by atoms with Crippen molar-refractivity contribution >= 4 is 28.0 Å². The molecule has 1 heterocycles. The van der Waals surface area contributed by atoms with Gasteiger partial charge in [0.1, 0.15) is 5.60 Å². The Morgan fingerprint density at radius 1 is 1.27 bits per heavy atom. The lowest BCUT2D eigenvalue weighted by atomic mass is 9.89. The molecular formula is C16H20BrNO4. The van der Waals surface area contributed by atoms with Gasteiger partial charge < -0.3 is 14.7 Å². The maximum atomic E-state index is 12.2. The van der Waals surface area contributed by atoms with Crippen LogP contribution in [0.4, 0.5) is 4.79 Å². The van der Waals surface area contributed by atoms with Crippen LogP contribution >= 0.6 is 15.9 Å². The fourth-order valence-electron chi connectivity index (χ4n) is 2.62. The number of rotatable bonds is 2. The van der Waals surface area contributed by atoms with E-state index in [1.54, 1.807) is 20.8 Å². The topological polar surface area (TPSA) is 66.8 Å². The van der Waals surface area contributed by atoms with Crippen molar-refractivity contribution < 1.29 is 19.4 Å². The van der Waals surface area contributed by atoms with Crippen molar-refractivity contribution in [2.45, 2.75) is 32.3 Å². The number of carbonyl (C=O) groups excluding carboxylic acids is 1. The van der Waals surface area contributed by atoms with E-state index in [-0.39, 0.29) is 12.5 Å². The van der Waals surface area contributed by atoms with Crippen LogP contribution < -0.4 is 0 Å². The summed E-state index contributed by atoms with van der Waals surface area (Å²) in [4.78, 5) is 25.2. The Labute approximate surface area is 138 Å². The molecule has 2 atom stereocenters. The summed E-state index contributed by atoms with van der Waals surface area (Å²) < 4.78 is 6.21. The maximum Gasteiger partial charge on any atom is 0.410 e. The zero-order valence-corrected chi connectivity index (χ0v) is 14.5. The van der Waals surface area contributed by atoms with Crippen LogP contribution in [0.3, 0.4) is 0 Å². The third-order valence-corrected chi connectivity index (χ3v) is 4.32. The van der Waals surface area contributed by atoms with Crippen molar-refractivity contribution in [3.63, 3.8) is 0 Å². The van der Waals surface area contributed by atoms with Crippen molar-refractivity contribution in [3.8, 4) is 0 Å². The number of amides is 1. The molecule has 0 radical (unpaired) electrons. The van der Waals surface area contributed by atoms with Crippen LogP contribution in [0.25, 0.3) is 0 Å². The Balaban J connectivity index is 2.22. The number of carboxylic acids is 1. The zero-order valence-electron chi connectivity index (χ0n) is 12.9. The average molecular weight is 370 g/mol. The number of halogens is 1. The first kappa shape index (κ1) is 16.8. The van der Waals surface area contributed by atoms with Crippen molar-refractivity contribution in [3.05, 3.63) is 34.3 Å². The molecule has 0 saturated carbocycles. The van der Waals surface area contributed by atoms with Gasteiger partial charge in [0.25, 0.3) is 0 Å². The third kappa shape index (κ3) is 3.80. The van der Waals surface area contributed by atoms with Crippen LogP contribution in [-0.2, 0) is 9.53 Å². The van der Waals surface area contributed by atoms with Crippen molar-refractivity contribution in [2.24, 2.45) is 5.92 Å². The molecule has 1 aliphatic rings. The van der Waals surface area contributed by atoms with Gasteiger partial charge in [0, 0.05) is 23.5 Å². The van der Waals surface area contributed by atoms with Crippen LogP contribution in [0, 0.1) is 5.92 Å². The number of hydrogen-bond donors (Lipinski definition) is 1. The predicted molar refractivity (Wildman–Crippen MR) is 85.8 cm³/mol. The number of hydrogen-bond acceptors (Lipinski definition) is 3. The van der Waals surface area contributed by atoms with Gasteiger partial charge in [-0.25, -0.2) is 4.79 Å². The second kappa shape index (κ2) is 6.28. The van der Waals surface area contributed by atoms with Gasteiger partial charge >= 0.3 is 12.1 Å². The number of likely N-dealkylation sites (tertiary alicyclic amines) is 1. The largest absolute Gasteiger partial charge is 0.481 e. The van der Waals surface area contributed by atoms with E-state index in [9.17, 15) is 14.7 Å². The van der Waals surface area contributed by atoms with Gasteiger partial charge in [0.2, 0.25) is 0 Å². The molecule has 1 aliphatic heterocycles. The molecule has 1 amide bonds. The fraction of sp³-hybridized carbons (Fsp3) is 0.500. The maximum absolute atomic E-state index is 12.2. The van der Waals surface area contributed by atoms with Gasteiger partial charge in [-0.15, -0.1) is 0 Å². The van der Waals surface area contributed by atoms with E-state index in [4.69, 9.17) is 4.74 Å². The highest BCUT2D eigenvalue weighted by Crippen LogP contribution is 2.37. The molecule has 22 heavy (non-hydrogen) atoms. The van der Waals surface area contributed by atoms with Crippen molar-refractivity contribution in [1.29, 1.82) is 0 Å². The van der Waals surface area contributed by atoms with Crippen LogP contribution in [-0.4, -0.2) is 40.8 Å². The Morgan fingerprint density at radius 2 is 1.91 bits per heavy atom. The van der Waals surface area contributed by atoms with E-state index in [0.29, 0.717) is 6.54 Å². The van der Waals surface area contributed by atoms with Crippen LogP contribution in [0.1, 0.15) is 32.3 Å². The highest BCUT2D eigenvalue weighted by Gasteiger charge is 2.42. The van der Waals surface area contributed by atoms with Gasteiger partial charge in [0.15, 0.2) is 0 Å². The molecule has 0 aliphatic carbocycles. The van der Waals surface area contributed by atoms with Crippen molar-refractivity contribution in [2.75, 3.05) is 13.1 Å². The smallest absolute Gasteiger partial charge is 0.410 e. The molecule has 0 spiro atoms. The minimum Gasteiger partial charge on any atom is -0.481 e. The summed E-state index contributed by atoms with van der Waals surface area (Å²) in [6.45, 7) is 5.88. The minimum absolute atomic E-state index is 0.163. The molecule has 6 heteroatoms. The second-order valence-electron chi connectivity index (χ2n) is 6.46. The van der Waals surface area contributed by atoms with E-state index >= 15 is 0 Å². The van der Waals surface area contributed by atoms with Gasteiger partial charge in [-0.3, -0.25) is 4.79 Å². The average Bonchev–Trinajstić information content (AvgIpc) is 2.82. The number of ether oxygens (including phenoxy) is 1. The van der Waals surface area contributed by atoms with Gasteiger partial charge in [-0.2, -0.15) is 0 Å². The molecule has 1 saturated heterocycles. The van der Waals surface area contributed by atoms with Crippen LogP contribution in [0.5, 0.6) is 0 Å². The SMILES string of the molecule is CC(C)(C)OC(=O)N1C[C@H](c2ccccc2Br)[C@H](C(=O)O)C1. The molecule has 5 nitrogen and oxygen atoms in total. The second-order valence-corrected chi connectivity index (χ2v) is 7.31. The van der Waals surface area contributed by atoms with E-state index in [0.717, 1.165) is 10.0 Å². The normalized spacial score (nSPS) is 21.7. The zero-order chi connectivity index (χ0) is 16.5. The Bertz CT molecular complexity index is 582. The number of carbonyl (C=O) groups is 2. The van der Waals surface area contributed by atoms with E-state index in [1.165, 1.54) is 4.90 Å². The van der Waals surface area contributed by atoms with Gasteiger partial charge in [-0.1, -0.05) is 34.1 Å². The highest BCUT2D eigenvalue weighted by molar-refractivity contribution is 9.10. The van der Waals surface area contributed by atoms with Crippen LogP contribution in [0.2, 0.25) is 0 Å². The molecular weight excluding hydrogens is 350 g/mol. The summed E-state index contributed by atoms with van der Waals surface area (Å²) in [5.41, 5.74) is 0.308. The Kier molecular flexibility index (Phi) is 4.80. The lowest BCUT2D eigenvalue weighted by molar-refractivity contribution is -0.141. The third-order valence-electron chi connectivity index (χ3n) is 3.59. The summed E-state index contributed by atoms with van der Waals surface area (Å²) in [5, 5.41) is 9.47. The molecule has 120 valence electrons. The predicted octanol–water partition coefficient (Wildman–Crippen LogP) is 3.48. The Hall–Kier alpha value is -1.56. The number of benzene rings is 1. The van der Waals surface area contributed by atoms with Gasteiger partial charge in [0.05, 0.1) is 5.92 Å². The van der Waals surface area contributed by atoms with E-state index < -0.39 is 23.6 Å². The standard InChI is InChI=1S/C16H20BrNO4/c1-16(2,3)22-15(21)18-8-11(12(9-18)14(19)20)10-6-4-5-7-13(10)17/h4-7,11-12H,8-9H2,1-3H3,(H,19,20)/t11-,12-/m1/s1. The summed E-state index contributed by atoms with van der Waals surface area (Å²) in [6, 6.07) is 7.52. The quantitative estimate of drug-likeness (QED) is 0.866. The fourth-order valence-corrected chi connectivity index (χ4v) is 3.20. The van der Waals surface area contributed by atoms with E-state index in [1.807, 2.05) is 24.3 Å². The summed E-state index contributed by atoms with van der Waals surface area (Å²) >= 11 is 3.46. The first-order valence-electron chi connectivity index (χ1n) is 7.14. The molecule has 1 aromatic carbocycles. The number of nitrogens with zero attached hydrogens (tertiary/aromatic N) is 1. The van der Waals surface area contributed by atoms with E-state index in [2.05, 4.69) is 15.9 Å². The molecule has 1 fully saturated rings. The molecule has 1 N–H and O–H groups in total. The first-order valence-corrected chi connectivity index (χ1v) is 7.93. The number of carboxylic acid groups (broad SMARTS) is 1. The molecule has 0 bridgehead atoms. The van der Waals surface area contributed by atoms with Gasteiger partial charge in [-0.05, 0) is 32.4 Å². The summed E-state index contributed by atoms with van der Waals surface area (Å²) in [5.74, 6) is -1.78. The summed E-state index contributed by atoms with van der Waals surface area (Å²) in [7, 11) is 0.